The summed E-state index contributed by atoms with van der Waals surface area (Å²) in [5, 5.41) is 13.5. The molecule has 1 amide bonds. The van der Waals surface area contributed by atoms with Gasteiger partial charge in [0.25, 0.3) is 0 Å². The maximum atomic E-state index is 12.8. The van der Waals surface area contributed by atoms with Gasteiger partial charge < -0.3 is 5.32 Å². The largest absolute Gasteiger partial charge is 0.316 e. The van der Waals surface area contributed by atoms with E-state index in [4.69, 9.17) is 0 Å². The maximum absolute atomic E-state index is 12.8. The van der Waals surface area contributed by atoms with Gasteiger partial charge in [-0.1, -0.05) is 48.5 Å². The van der Waals surface area contributed by atoms with E-state index in [0.717, 1.165) is 24.3 Å². The molecule has 1 N–H and O–H groups in total. The molecule has 0 aliphatic heterocycles. The molecule has 3 nitrogen and oxygen atoms in total. The van der Waals surface area contributed by atoms with Gasteiger partial charge >= 0.3 is 0 Å². The highest BCUT2D eigenvalue weighted by Gasteiger charge is 2.68. The van der Waals surface area contributed by atoms with Gasteiger partial charge in [-0.05, 0) is 47.0 Å². The van der Waals surface area contributed by atoms with E-state index in [1.807, 2.05) is 0 Å². The van der Waals surface area contributed by atoms with Crippen LogP contribution in [0.1, 0.15) is 70.9 Å². The smallest absolute Gasteiger partial charge is 0.229 e. The van der Waals surface area contributed by atoms with Crippen LogP contribution in [0.15, 0.2) is 0 Å². The van der Waals surface area contributed by atoms with Crippen molar-refractivity contribution in [1.29, 1.82) is 5.26 Å². The SMILES string of the molecule is CC(C)(C)C1CCc2c(sc(NC(=O)C3C(C)(C)C3(C)C)c2C#N)C1. The predicted octanol–water partition coefficient (Wildman–Crippen LogP) is 5.39. The Morgan fingerprint density at radius 2 is 1.84 bits per heavy atom. The molecule has 1 unspecified atom stereocenters. The molecule has 0 bridgehead atoms. The lowest BCUT2D eigenvalue weighted by molar-refractivity contribution is -0.118. The topological polar surface area (TPSA) is 52.9 Å². The minimum absolute atomic E-state index is 0.00740. The van der Waals surface area contributed by atoms with Crippen LogP contribution in [-0.2, 0) is 17.6 Å². The van der Waals surface area contributed by atoms with Crippen molar-refractivity contribution in [1.82, 2.24) is 0 Å². The zero-order valence-corrected chi connectivity index (χ0v) is 17.4. The van der Waals surface area contributed by atoms with Gasteiger partial charge in [-0.25, -0.2) is 0 Å². The molecule has 1 atom stereocenters. The quantitative estimate of drug-likeness (QED) is 0.770. The summed E-state index contributed by atoms with van der Waals surface area (Å²) in [5.41, 5.74) is 2.19. The summed E-state index contributed by atoms with van der Waals surface area (Å²) in [4.78, 5) is 14.1. The molecule has 3 rings (SSSR count). The average molecular weight is 359 g/mol. The van der Waals surface area contributed by atoms with Gasteiger partial charge in [0, 0.05) is 10.8 Å². The second kappa shape index (κ2) is 5.58. The van der Waals surface area contributed by atoms with Crippen LogP contribution >= 0.6 is 11.3 Å². The molecule has 1 aromatic heterocycles. The van der Waals surface area contributed by atoms with Crippen LogP contribution in [0.2, 0.25) is 0 Å². The third-order valence-electron chi connectivity index (χ3n) is 7.12. The fraction of sp³-hybridized carbons (Fsp3) is 0.714. The van der Waals surface area contributed by atoms with Crippen molar-refractivity contribution in [3.05, 3.63) is 16.0 Å². The number of thiophene rings is 1. The average Bonchev–Trinajstić information content (AvgIpc) is 2.76. The molecule has 136 valence electrons. The van der Waals surface area contributed by atoms with E-state index in [-0.39, 0.29) is 28.1 Å². The lowest BCUT2D eigenvalue weighted by Gasteiger charge is -2.33. The molecule has 0 aromatic carbocycles. The molecular weight excluding hydrogens is 328 g/mol. The number of amides is 1. The Balaban J connectivity index is 1.84. The summed E-state index contributed by atoms with van der Waals surface area (Å²) in [6, 6.07) is 2.36. The molecule has 1 saturated carbocycles. The van der Waals surface area contributed by atoms with Crippen LogP contribution in [0, 0.1) is 39.4 Å². The third-order valence-corrected chi connectivity index (χ3v) is 8.29. The monoisotopic (exact) mass is 358 g/mol. The number of hydrogen-bond donors (Lipinski definition) is 1. The fourth-order valence-electron chi connectivity index (χ4n) is 4.57. The molecule has 2 aliphatic carbocycles. The molecule has 0 spiro atoms. The Hall–Kier alpha value is -1.34. The molecule has 2 aliphatic rings. The molecule has 1 fully saturated rings. The number of carbonyl (C=O) groups is 1. The van der Waals surface area contributed by atoms with E-state index >= 15 is 0 Å². The summed E-state index contributed by atoms with van der Waals surface area (Å²) in [7, 11) is 0. The second-order valence-corrected chi connectivity index (χ2v) is 11.1. The summed E-state index contributed by atoms with van der Waals surface area (Å²) >= 11 is 1.63. The Kier molecular flexibility index (Phi) is 4.12. The van der Waals surface area contributed by atoms with Crippen LogP contribution in [0.25, 0.3) is 0 Å². The van der Waals surface area contributed by atoms with Gasteiger partial charge in [-0.3, -0.25) is 4.79 Å². The number of anilines is 1. The standard InChI is InChI=1S/C21H30N2OS/c1-19(2,3)12-8-9-13-14(11-22)18(25-15(13)10-12)23-17(24)16-20(4,5)21(16,6)7/h12,16H,8-10H2,1-7H3,(H,23,24). The zero-order valence-electron chi connectivity index (χ0n) is 16.5. The van der Waals surface area contributed by atoms with Crippen molar-refractivity contribution in [2.45, 2.75) is 67.7 Å². The van der Waals surface area contributed by atoms with Crippen molar-refractivity contribution in [3.8, 4) is 6.07 Å². The van der Waals surface area contributed by atoms with Crippen LogP contribution in [0.5, 0.6) is 0 Å². The van der Waals surface area contributed by atoms with E-state index in [1.54, 1.807) is 11.3 Å². The van der Waals surface area contributed by atoms with Gasteiger partial charge in [0.15, 0.2) is 0 Å². The first-order valence-electron chi connectivity index (χ1n) is 9.26. The van der Waals surface area contributed by atoms with Crippen LogP contribution in [0.4, 0.5) is 5.00 Å². The lowest BCUT2D eigenvalue weighted by Crippen LogP contribution is -2.26. The van der Waals surface area contributed by atoms with Crippen molar-refractivity contribution >= 4 is 22.2 Å². The number of carbonyl (C=O) groups excluding carboxylic acids is 1. The number of rotatable bonds is 2. The fourth-order valence-corrected chi connectivity index (χ4v) is 5.85. The van der Waals surface area contributed by atoms with E-state index in [1.165, 1.54) is 10.4 Å². The van der Waals surface area contributed by atoms with Gasteiger partial charge in [-0.15, -0.1) is 11.3 Å². The first-order chi connectivity index (χ1) is 11.4. The molecule has 0 radical (unpaired) electrons. The summed E-state index contributed by atoms with van der Waals surface area (Å²) < 4.78 is 0. The van der Waals surface area contributed by atoms with Gasteiger partial charge in [0.1, 0.15) is 11.1 Å². The Labute approximate surface area is 155 Å². The van der Waals surface area contributed by atoms with Crippen LogP contribution in [0.3, 0.4) is 0 Å². The first kappa shape index (κ1) is 18.5. The molecule has 25 heavy (non-hydrogen) atoms. The highest BCUT2D eigenvalue weighted by Crippen LogP contribution is 2.68. The van der Waals surface area contributed by atoms with Crippen molar-refractivity contribution < 1.29 is 4.79 Å². The highest BCUT2D eigenvalue weighted by atomic mass is 32.1. The number of hydrogen-bond acceptors (Lipinski definition) is 3. The number of nitrogens with zero attached hydrogens (tertiary/aromatic N) is 1. The zero-order chi connectivity index (χ0) is 18.8. The number of fused-ring (bicyclic) bond motifs is 1. The summed E-state index contributed by atoms with van der Waals surface area (Å²) in [6.45, 7) is 15.5. The third kappa shape index (κ3) is 2.81. The van der Waals surface area contributed by atoms with Crippen LogP contribution < -0.4 is 5.32 Å². The van der Waals surface area contributed by atoms with Crippen molar-refractivity contribution in [2.75, 3.05) is 5.32 Å². The second-order valence-electron chi connectivity index (χ2n) is 9.99. The summed E-state index contributed by atoms with van der Waals surface area (Å²) in [5.74, 6) is 0.709. The predicted molar refractivity (Wildman–Crippen MR) is 104 cm³/mol. The van der Waals surface area contributed by atoms with E-state index < -0.39 is 0 Å². The Bertz CT molecular complexity index is 744. The van der Waals surface area contributed by atoms with Gasteiger partial charge in [-0.2, -0.15) is 5.26 Å². The first-order valence-corrected chi connectivity index (χ1v) is 10.1. The van der Waals surface area contributed by atoms with Crippen molar-refractivity contribution in [2.24, 2.45) is 28.1 Å². The number of nitrogens with one attached hydrogen (secondary N) is 1. The van der Waals surface area contributed by atoms with Crippen molar-refractivity contribution in [3.63, 3.8) is 0 Å². The molecule has 1 heterocycles. The molecule has 4 heteroatoms. The maximum Gasteiger partial charge on any atom is 0.229 e. The minimum atomic E-state index is 0.00740. The normalized spacial score (nSPS) is 24.3. The number of nitriles is 1. The van der Waals surface area contributed by atoms with Gasteiger partial charge in [0.05, 0.1) is 5.56 Å². The van der Waals surface area contributed by atoms with Gasteiger partial charge in [0.2, 0.25) is 5.91 Å². The van der Waals surface area contributed by atoms with E-state index in [9.17, 15) is 10.1 Å². The van der Waals surface area contributed by atoms with Crippen LogP contribution in [-0.4, -0.2) is 5.91 Å². The lowest BCUT2D eigenvalue weighted by atomic mass is 9.72. The molecular formula is C21H30N2OS. The highest BCUT2D eigenvalue weighted by molar-refractivity contribution is 7.16. The minimum Gasteiger partial charge on any atom is -0.316 e. The Morgan fingerprint density at radius 3 is 2.32 bits per heavy atom. The summed E-state index contributed by atoms with van der Waals surface area (Å²) in [6.07, 6.45) is 3.10. The van der Waals surface area contributed by atoms with E-state index in [0.29, 0.717) is 11.5 Å². The molecule has 1 aromatic rings. The van der Waals surface area contributed by atoms with E-state index in [2.05, 4.69) is 59.9 Å². The Morgan fingerprint density at radius 1 is 1.24 bits per heavy atom. The molecule has 0 saturated heterocycles.